The van der Waals surface area contributed by atoms with E-state index in [2.05, 4.69) is 123 Å². The van der Waals surface area contributed by atoms with Crippen molar-refractivity contribution in [2.75, 3.05) is 13.1 Å². The average Bonchev–Trinajstić information content (AvgIpc) is 2.25. The van der Waals surface area contributed by atoms with Crippen molar-refractivity contribution >= 4 is 49.7 Å². The van der Waals surface area contributed by atoms with Crippen LogP contribution in [0.1, 0.15) is 0 Å². The first-order valence-corrected chi connectivity index (χ1v) is 30.7. The number of hydrogen-bond donors (Lipinski definition) is 2. The number of hydrogen-bond acceptors (Lipinski definition) is 4. The Balaban J connectivity index is 5.18. The van der Waals surface area contributed by atoms with Crippen LogP contribution in [0.4, 0.5) is 0 Å². The van der Waals surface area contributed by atoms with Crippen molar-refractivity contribution in [2.45, 2.75) is 105 Å². The minimum Gasteiger partial charge on any atom is -0.357 e. The smallest absolute Gasteiger partial charge is 0.184 e. The van der Waals surface area contributed by atoms with Gasteiger partial charge in [-0.3, -0.25) is 0 Å². The van der Waals surface area contributed by atoms with Gasteiger partial charge in [-0.1, -0.05) is 78.6 Å². The zero-order chi connectivity index (χ0) is 23.0. The van der Waals surface area contributed by atoms with Crippen molar-refractivity contribution in [3.63, 3.8) is 0 Å². The van der Waals surface area contributed by atoms with Crippen LogP contribution in [-0.2, 0) is 0 Å². The Morgan fingerprint density at radius 1 is 0.393 bits per heavy atom. The van der Waals surface area contributed by atoms with Gasteiger partial charge in [0.1, 0.15) is 32.9 Å². The first-order chi connectivity index (χ1) is 11.9. The summed E-state index contributed by atoms with van der Waals surface area (Å²) >= 11 is 0. The molecule has 0 rings (SSSR count). The van der Waals surface area contributed by atoms with E-state index >= 15 is 0 Å². The summed E-state index contributed by atoms with van der Waals surface area (Å²) in [5, 5.41) is 0. The van der Waals surface area contributed by atoms with Gasteiger partial charge in [0.15, 0.2) is 16.8 Å². The Hall–Kier alpha value is 1.14. The third-order valence-electron chi connectivity index (χ3n) is 5.04. The second-order valence-corrected chi connectivity index (χ2v) is 43.0. The second kappa shape index (κ2) is 9.33. The summed E-state index contributed by atoms with van der Waals surface area (Å²) in [6.07, 6.45) is 0. The van der Waals surface area contributed by atoms with Crippen LogP contribution in [0.15, 0.2) is 0 Å². The maximum Gasteiger partial charge on any atom is 0.184 e. The monoisotopic (exact) mass is 494 g/mol. The van der Waals surface area contributed by atoms with Gasteiger partial charge in [-0.05, 0) is 26.2 Å². The molecule has 2 N–H and O–H groups in total. The fraction of sp³-hybridized carbons (Fsp3) is 1.00. The van der Waals surface area contributed by atoms with Crippen LogP contribution in [0, 0.1) is 0 Å². The summed E-state index contributed by atoms with van der Waals surface area (Å²) in [7, 11) is -8.57. The molecule has 0 radical (unpaired) electrons. The first-order valence-electron chi connectivity index (χ1n) is 11.0. The molecule has 0 aromatic heterocycles. The van der Waals surface area contributed by atoms with Gasteiger partial charge in [0.2, 0.25) is 0 Å². The van der Waals surface area contributed by atoms with Crippen molar-refractivity contribution < 1.29 is 0 Å². The first kappa shape index (κ1) is 29.1. The fourth-order valence-corrected chi connectivity index (χ4v) is 51.9. The van der Waals surface area contributed by atoms with Crippen LogP contribution in [0.3, 0.4) is 0 Å². The van der Waals surface area contributed by atoms with E-state index in [1.807, 2.05) is 0 Å². The molecule has 0 saturated carbocycles. The van der Waals surface area contributed by atoms with Crippen LogP contribution in [0.25, 0.3) is 0 Å². The zero-order valence-electron chi connectivity index (χ0n) is 22.3. The molecule has 0 saturated heterocycles. The Labute approximate surface area is 184 Å². The topological polar surface area (TPSA) is 30.5 Å². The van der Waals surface area contributed by atoms with Crippen LogP contribution >= 0.6 is 0 Å². The largest absolute Gasteiger partial charge is 0.357 e. The van der Waals surface area contributed by atoms with E-state index in [0.717, 1.165) is 13.1 Å². The van der Waals surface area contributed by atoms with Crippen molar-refractivity contribution in [1.82, 2.24) is 17.8 Å². The number of nitrogens with zero attached hydrogens (tertiary/aromatic N) is 2. The molecule has 0 aliphatic heterocycles. The SMILES string of the molecule is C[Si](C)(C)N([Si](C)(C)C)[Si](C)(C)NCCN[Si](C)(C)N([Si](C)(C)C)[Si](C)(C)C. The lowest BCUT2D eigenvalue weighted by Gasteiger charge is -2.53. The van der Waals surface area contributed by atoms with Crippen molar-refractivity contribution in [1.29, 1.82) is 0 Å². The summed E-state index contributed by atoms with van der Waals surface area (Å²) in [4.78, 5) is 8.12. The molecule has 170 valence electrons. The Morgan fingerprint density at radius 2 is 0.571 bits per heavy atom. The number of nitrogens with one attached hydrogen (secondary N) is 2. The average molecular weight is 495 g/mol. The highest BCUT2D eigenvalue weighted by Crippen LogP contribution is 2.27. The summed E-state index contributed by atoms with van der Waals surface area (Å²) < 4.78 is 6.04. The minimum absolute atomic E-state index is 1.09. The summed E-state index contributed by atoms with van der Waals surface area (Å²) in [6.45, 7) is 42.6. The second-order valence-electron chi connectivity index (χ2n) is 13.3. The van der Waals surface area contributed by atoms with Gasteiger partial charge in [0.25, 0.3) is 0 Å². The highest BCUT2D eigenvalue weighted by molar-refractivity contribution is 7.04. The predicted octanol–water partition coefficient (Wildman–Crippen LogP) is 5.51. The standard InChI is InChI=1S/C18H54N4Si6/c1-23(2,3)21(24(4,5)6)27(13,14)19-17-18-20-28(15,16)22(25(7,8)9)26(10,11)12/h19-20H,17-18H2,1-16H3. The van der Waals surface area contributed by atoms with Gasteiger partial charge in [-0.15, -0.1) is 0 Å². The highest BCUT2D eigenvalue weighted by atomic mass is 28.5. The van der Waals surface area contributed by atoms with Gasteiger partial charge in [-0.25, -0.2) is 0 Å². The van der Waals surface area contributed by atoms with Crippen molar-refractivity contribution in [3.05, 3.63) is 0 Å². The van der Waals surface area contributed by atoms with Crippen LogP contribution in [0.5, 0.6) is 0 Å². The molecule has 0 atom stereocenters. The van der Waals surface area contributed by atoms with Crippen LogP contribution in [0.2, 0.25) is 105 Å². The molecule has 0 spiro atoms. The molecular weight excluding hydrogens is 441 g/mol. The lowest BCUT2D eigenvalue weighted by atomic mass is 10.7. The lowest BCUT2D eigenvalue weighted by Crippen LogP contribution is -2.76. The van der Waals surface area contributed by atoms with Gasteiger partial charge in [0, 0.05) is 13.1 Å². The van der Waals surface area contributed by atoms with E-state index in [0.29, 0.717) is 0 Å². The molecule has 10 heteroatoms. The van der Waals surface area contributed by atoms with E-state index in [9.17, 15) is 0 Å². The zero-order valence-corrected chi connectivity index (χ0v) is 28.3. The molecule has 0 aliphatic rings. The third-order valence-corrected chi connectivity index (χ3v) is 37.7. The molecule has 28 heavy (non-hydrogen) atoms. The van der Waals surface area contributed by atoms with Crippen LogP contribution in [-0.4, -0.2) is 70.6 Å². The molecule has 4 nitrogen and oxygen atoms in total. The minimum atomic E-state index is -1.61. The molecule has 0 amide bonds. The predicted molar refractivity (Wildman–Crippen MR) is 148 cm³/mol. The van der Waals surface area contributed by atoms with E-state index in [1.54, 1.807) is 0 Å². The quantitative estimate of drug-likeness (QED) is 0.293. The van der Waals surface area contributed by atoms with E-state index < -0.39 is 49.7 Å². The maximum atomic E-state index is 4.06. The Kier molecular flexibility index (Phi) is 9.71. The Morgan fingerprint density at radius 3 is 0.714 bits per heavy atom. The number of rotatable bonds is 11. The molecule has 0 aromatic rings. The third kappa shape index (κ3) is 8.71. The lowest BCUT2D eigenvalue weighted by molar-refractivity contribution is 0.731. The van der Waals surface area contributed by atoms with E-state index in [-0.39, 0.29) is 0 Å². The van der Waals surface area contributed by atoms with Gasteiger partial charge in [0.05, 0.1) is 0 Å². The normalized spacial score (nSPS) is 15.6. The van der Waals surface area contributed by atoms with Crippen LogP contribution < -0.4 is 9.96 Å². The molecule has 0 heterocycles. The van der Waals surface area contributed by atoms with E-state index in [1.165, 1.54) is 0 Å². The molecule has 0 fully saturated rings. The van der Waals surface area contributed by atoms with Crippen molar-refractivity contribution in [2.24, 2.45) is 0 Å². The summed E-state index contributed by atoms with van der Waals surface area (Å²) in [5.41, 5.74) is 0. The maximum absolute atomic E-state index is 4.06. The van der Waals surface area contributed by atoms with Crippen molar-refractivity contribution in [3.8, 4) is 0 Å². The fourth-order valence-electron chi connectivity index (χ4n) is 6.26. The Bertz CT molecular complexity index is 424. The van der Waals surface area contributed by atoms with Gasteiger partial charge >= 0.3 is 0 Å². The van der Waals surface area contributed by atoms with Gasteiger partial charge < -0.3 is 17.8 Å². The van der Waals surface area contributed by atoms with E-state index in [4.69, 9.17) is 0 Å². The summed E-state index contributed by atoms with van der Waals surface area (Å²) in [5.74, 6) is 0. The molecule has 0 unspecified atom stereocenters. The molecule has 0 bridgehead atoms. The molecule has 0 aliphatic carbocycles. The molecule has 0 aromatic carbocycles. The molecular formula is C18H54N4Si6. The van der Waals surface area contributed by atoms with Gasteiger partial charge in [-0.2, -0.15) is 0 Å². The summed E-state index contributed by atoms with van der Waals surface area (Å²) in [6, 6.07) is 0. The highest BCUT2D eigenvalue weighted by Gasteiger charge is 2.46.